The van der Waals surface area contributed by atoms with Crippen molar-refractivity contribution < 1.29 is 19.0 Å². The summed E-state index contributed by atoms with van der Waals surface area (Å²) in [5.74, 6) is 0.592. The second-order valence-corrected chi connectivity index (χ2v) is 7.41. The average Bonchev–Trinajstić information content (AvgIpc) is 2.53. The Morgan fingerprint density at radius 2 is 1.96 bits per heavy atom. The molecule has 1 aromatic carbocycles. The van der Waals surface area contributed by atoms with Crippen molar-refractivity contribution in [2.24, 2.45) is 0 Å². The minimum Gasteiger partial charge on any atom is -0.495 e. The number of benzene rings is 1. The Hall–Kier alpha value is -1.95. The number of anilines is 2. The Bertz CT molecular complexity index is 583. The van der Waals surface area contributed by atoms with Gasteiger partial charge in [0.25, 0.3) is 0 Å². The van der Waals surface area contributed by atoms with Crippen molar-refractivity contribution in [1.82, 2.24) is 0 Å². The first-order valence-corrected chi connectivity index (χ1v) is 8.78. The molecule has 1 aromatic rings. The predicted octanol–water partition coefficient (Wildman–Crippen LogP) is 4.41. The van der Waals surface area contributed by atoms with E-state index in [-0.39, 0.29) is 0 Å². The molecule has 0 bridgehead atoms. The van der Waals surface area contributed by atoms with Crippen molar-refractivity contribution in [2.45, 2.75) is 64.2 Å². The van der Waals surface area contributed by atoms with E-state index in [9.17, 15) is 4.79 Å². The minimum atomic E-state index is -0.551. The number of carbonyl (C=O) groups is 1. The molecule has 2 rings (SSSR count). The van der Waals surface area contributed by atoms with E-state index in [2.05, 4.69) is 10.6 Å². The first kappa shape index (κ1) is 19.4. The molecule has 0 heterocycles. The van der Waals surface area contributed by atoms with Gasteiger partial charge in [-0.15, -0.1) is 0 Å². The number of amides is 1. The molecular formula is C19H30N2O4. The molecule has 1 aliphatic rings. The number of methoxy groups -OCH3 is 2. The summed E-state index contributed by atoms with van der Waals surface area (Å²) < 4.78 is 16.1. The first-order chi connectivity index (χ1) is 11.8. The largest absolute Gasteiger partial charge is 0.495 e. The van der Waals surface area contributed by atoms with Crippen molar-refractivity contribution in [1.29, 1.82) is 0 Å². The lowest BCUT2D eigenvalue weighted by Gasteiger charge is -2.29. The normalized spacial score (nSPS) is 20.7. The van der Waals surface area contributed by atoms with Crippen LogP contribution in [0.2, 0.25) is 0 Å². The number of ether oxygens (including phenoxy) is 3. The lowest BCUT2D eigenvalue weighted by atomic mass is 9.92. The van der Waals surface area contributed by atoms with E-state index < -0.39 is 11.7 Å². The predicted molar refractivity (Wildman–Crippen MR) is 99.5 cm³/mol. The zero-order valence-electron chi connectivity index (χ0n) is 15.8. The minimum absolute atomic E-state index is 0.309. The molecular weight excluding hydrogens is 320 g/mol. The van der Waals surface area contributed by atoms with Crippen LogP contribution in [0.4, 0.5) is 16.2 Å². The summed E-state index contributed by atoms with van der Waals surface area (Å²) in [6, 6.07) is 6.03. The molecule has 6 heteroatoms. The van der Waals surface area contributed by atoms with Crippen LogP contribution in [0, 0.1) is 0 Å². The van der Waals surface area contributed by atoms with Gasteiger partial charge in [-0.25, -0.2) is 4.79 Å². The van der Waals surface area contributed by atoms with Crippen LogP contribution in [-0.4, -0.2) is 38.1 Å². The summed E-state index contributed by atoms with van der Waals surface area (Å²) in [4.78, 5) is 12.1. The average molecular weight is 350 g/mol. The smallest absolute Gasteiger partial charge is 0.412 e. The summed E-state index contributed by atoms with van der Waals surface area (Å²) >= 11 is 0. The maximum atomic E-state index is 12.1. The highest BCUT2D eigenvalue weighted by Crippen LogP contribution is 2.30. The molecule has 0 saturated heterocycles. The van der Waals surface area contributed by atoms with Gasteiger partial charge in [-0.1, -0.05) is 0 Å². The van der Waals surface area contributed by atoms with E-state index in [0.29, 0.717) is 23.6 Å². The summed E-state index contributed by atoms with van der Waals surface area (Å²) in [6.07, 6.45) is 4.17. The lowest BCUT2D eigenvalue weighted by molar-refractivity contribution is 0.0635. The van der Waals surface area contributed by atoms with Crippen molar-refractivity contribution in [3.8, 4) is 5.75 Å². The zero-order chi connectivity index (χ0) is 18.4. The molecule has 0 aliphatic heterocycles. The molecule has 0 spiro atoms. The fraction of sp³-hybridized carbons (Fsp3) is 0.632. The van der Waals surface area contributed by atoms with E-state index in [0.717, 1.165) is 31.4 Å². The monoisotopic (exact) mass is 350 g/mol. The van der Waals surface area contributed by atoms with Crippen molar-refractivity contribution in [3.05, 3.63) is 18.2 Å². The number of hydrogen-bond donors (Lipinski definition) is 2. The molecule has 1 amide bonds. The topological polar surface area (TPSA) is 68.8 Å². The van der Waals surface area contributed by atoms with Crippen molar-refractivity contribution >= 4 is 17.5 Å². The van der Waals surface area contributed by atoms with Crippen LogP contribution in [0.15, 0.2) is 18.2 Å². The van der Waals surface area contributed by atoms with Crippen LogP contribution in [-0.2, 0) is 9.47 Å². The van der Waals surface area contributed by atoms with Gasteiger partial charge in [-0.2, -0.15) is 0 Å². The Kier molecular flexibility index (Phi) is 6.53. The third-order valence-corrected chi connectivity index (χ3v) is 4.17. The first-order valence-electron chi connectivity index (χ1n) is 8.78. The van der Waals surface area contributed by atoms with Crippen molar-refractivity contribution in [2.75, 3.05) is 24.9 Å². The zero-order valence-corrected chi connectivity index (χ0v) is 15.8. The maximum absolute atomic E-state index is 12.1. The number of hydrogen-bond acceptors (Lipinski definition) is 5. The third-order valence-electron chi connectivity index (χ3n) is 4.17. The Morgan fingerprint density at radius 3 is 2.60 bits per heavy atom. The Balaban J connectivity index is 2.06. The van der Waals surface area contributed by atoms with Gasteiger partial charge >= 0.3 is 6.09 Å². The number of carbonyl (C=O) groups excluding carboxylic acids is 1. The fourth-order valence-electron chi connectivity index (χ4n) is 3.03. The van der Waals surface area contributed by atoms with E-state index in [4.69, 9.17) is 14.2 Å². The summed E-state index contributed by atoms with van der Waals surface area (Å²) in [5, 5.41) is 6.30. The van der Waals surface area contributed by atoms with Gasteiger partial charge in [-0.3, -0.25) is 5.32 Å². The van der Waals surface area contributed by atoms with Crippen LogP contribution >= 0.6 is 0 Å². The molecule has 1 fully saturated rings. The summed E-state index contributed by atoms with van der Waals surface area (Å²) in [7, 11) is 3.34. The standard InChI is InChI=1S/C19H30N2O4/c1-19(2,3)25-18(22)21-16-12-14(9-10-17(16)24-5)20-13-7-6-8-15(11-13)23-4/h9-10,12-13,15,20H,6-8,11H2,1-5H3,(H,21,22). The summed E-state index contributed by atoms with van der Waals surface area (Å²) in [6.45, 7) is 5.49. The lowest BCUT2D eigenvalue weighted by Crippen LogP contribution is -2.31. The van der Waals surface area contributed by atoms with Crippen LogP contribution in [0.3, 0.4) is 0 Å². The quantitative estimate of drug-likeness (QED) is 0.823. The van der Waals surface area contributed by atoms with E-state index >= 15 is 0 Å². The van der Waals surface area contributed by atoms with Gasteiger partial charge in [0.2, 0.25) is 0 Å². The van der Waals surface area contributed by atoms with Gasteiger partial charge in [0.1, 0.15) is 11.4 Å². The second kappa shape index (κ2) is 8.43. The van der Waals surface area contributed by atoms with Crippen LogP contribution < -0.4 is 15.4 Å². The highest BCUT2D eigenvalue weighted by atomic mass is 16.6. The Labute approximate surface area is 150 Å². The van der Waals surface area contributed by atoms with Gasteiger partial charge in [-0.05, 0) is 64.7 Å². The van der Waals surface area contributed by atoms with Crippen LogP contribution in [0.1, 0.15) is 46.5 Å². The third kappa shape index (κ3) is 6.12. The van der Waals surface area contributed by atoms with Gasteiger partial charge in [0.05, 0.1) is 18.9 Å². The van der Waals surface area contributed by atoms with Gasteiger partial charge in [0.15, 0.2) is 0 Å². The Morgan fingerprint density at radius 1 is 1.20 bits per heavy atom. The molecule has 2 unspecified atom stereocenters. The van der Waals surface area contributed by atoms with Crippen LogP contribution in [0.25, 0.3) is 0 Å². The molecule has 0 radical (unpaired) electrons. The highest BCUT2D eigenvalue weighted by Gasteiger charge is 2.22. The van der Waals surface area contributed by atoms with Gasteiger partial charge in [0, 0.05) is 18.8 Å². The van der Waals surface area contributed by atoms with E-state index in [1.807, 2.05) is 39.0 Å². The number of nitrogens with one attached hydrogen (secondary N) is 2. The fourth-order valence-corrected chi connectivity index (χ4v) is 3.03. The van der Waals surface area contributed by atoms with Crippen molar-refractivity contribution in [3.63, 3.8) is 0 Å². The molecule has 2 atom stereocenters. The molecule has 2 N–H and O–H groups in total. The molecule has 25 heavy (non-hydrogen) atoms. The SMILES string of the molecule is COc1ccc(NC2CCCC(OC)C2)cc1NC(=O)OC(C)(C)C. The molecule has 1 aliphatic carbocycles. The number of rotatable bonds is 5. The molecule has 140 valence electrons. The second-order valence-electron chi connectivity index (χ2n) is 7.41. The maximum Gasteiger partial charge on any atom is 0.412 e. The molecule has 6 nitrogen and oxygen atoms in total. The molecule has 1 saturated carbocycles. The highest BCUT2D eigenvalue weighted by molar-refractivity contribution is 5.88. The molecule has 0 aromatic heterocycles. The van der Waals surface area contributed by atoms with Gasteiger partial charge < -0.3 is 19.5 Å². The van der Waals surface area contributed by atoms with E-state index in [1.165, 1.54) is 0 Å². The van der Waals surface area contributed by atoms with E-state index in [1.54, 1.807) is 14.2 Å². The summed E-state index contributed by atoms with van der Waals surface area (Å²) in [5.41, 5.74) is 0.972. The van der Waals surface area contributed by atoms with Crippen LogP contribution in [0.5, 0.6) is 5.75 Å².